The third-order valence-electron chi connectivity index (χ3n) is 1.71. The summed E-state index contributed by atoms with van der Waals surface area (Å²) in [5.74, 6) is -1.13. The Morgan fingerprint density at radius 3 is 2.44 bits per heavy atom. The van der Waals surface area contributed by atoms with E-state index in [-0.39, 0.29) is 5.56 Å². The maximum Gasteiger partial charge on any atom is 0.695 e. The van der Waals surface area contributed by atoms with Crippen LogP contribution in [-0.4, -0.2) is 4.89 Å². The van der Waals surface area contributed by atoms with Crippen LogP contribution in [-0.2, 0) is 21.9 Å². The van der Waals surface area contributed by atoms with Gasteiger partial charge in [-0.15, -0.1) is 9.42 Å². The summed E-state index contributed by atoms with van der Waals surface area (Å²) in [6.45, 7) is -0.560. The van der Waals surface area contributed by atoms with Gasteiger partial charge < -0.3 is 0 Å². The molecule has 88 valence electrons. The van der Waals surface area contributed by atoms with E-state index in [0.717, 1.165) is 6.07 Å². The fourth-order valence-electron chi connectivity index (χ4n) is 0.965. The Morgan fingerprint density at radius 1 is 1.38 bits per heavy atom. The lowest BCUT2D eigenvalue weighted by molar-refractivity contribution is -0.137. The van der Waals surface area contributed by atoms with Crippen LogP contribution in [0.1, 0.15) is 11.1 Å². The van der Waals surface area contributed by atoms with Crippen molar-refractivity contribution in [1.82, 2.24) is 0 Å². The summed E-state index contributed by atoms with van der Waals surface area (Å²) in [4.78, 5) is 8.27. The highest BCUT2D eigenvalue weighted by molar-refractivity contribution is 7.32. The van der Waals surface area contributed by atoms with Crippen LogP contribution in [0.3, 0.4) is 0 Å². The molecule has 3 nitrogen and oxygen atoms in total. The number of halogens is 4. The molecule has 0 aliphatic carbocycles. The van der Waals surface area contributed by atoms with Crippen LogP contribution in [0.4, 0.5) is 17.6 Å². The van der Waals surface area contributed by atoms with Crippen LogP contribution in [0.15, 0.2) is 18.2 Å². The van der Waals surface area contributed by atoms with E-state index in [9.17, 15) is 22.1 Å². The standard InChI is InChI=1S/C8H5F4O3P/c9-7-3-6(8(10,11)12)2-1-5(7)4-15-16(13)14/h1-3H,4H2/p+1. The van der Waals surface area contributed by atoms with Crippen molar-refractivity contribution in [3.05, 3.63) is 35.1 Å². The van der Waals surface area contributed by atoms with Crippen molar-refractivity contribution in [1.29, 1.82) is 0 Å². The normalized spacial score (nSPS) is 12.7. The molecule has 0 heterocycles. The van der Waals surface area contributed by atoms with Gasteiger partial charge in [-0.3, -0.25) is 0 Å². The molecule has 8 heteroatoms. The summed E-state index contributed by atoms with van der Waals surface area (Å²) >= 11 is 0. The van der Waals surface area contributed by atoms with E-state index in [2.05, 4.69) is 4.52 Å². The Balaban J connectivity index is 2.88. The minimum absolute atomic E-state index is 0.217. The van der Waals surface area contributed by atoms with Gasteiger partial charge in [-0.1, -0.05) is 6.07 Å². The molecule has 0 aliphatic rings. The predicted octanol–water partition coefficient (Wildman–Crippen LogP) is 3.01. The van der Waals surface area contributed by atoms with Gasteiger partial charge in [0.2, 0.25) is 0 Å². The Labute approximate surface area is 88.6 Å². The first-order chi connectivity index (χ1) is 7.30. The van der Waals surface area contributed by atoms with E-state index in [1.165, 1.54) is 0 Å². The van der Waals surface area contributed by atoms with E-state index < -0.39 is 32.4 Å². The molecule has 1 aromatic carbocycles. The number of rotatable bonds is 3. The molecule has 0 fully saturated rings. The van der Waals surface area contributed by atoms with Gasteiger partial charge >= 0.3 is 14.4 Å². The molecule has 1 unspecified atom stereocenters. The Hall–Kier alpha value is -1.04. The lowest BCUT2D eigenvalue weighted by atomic mass is 10.1. The van der Waals surface area contributed by atoms with Crippen molar-refractivity contribution in [3.8, 4) is 0 Å². The third kappa shape index (κ3) is 3.52. The Morgan fingerprint density at radius 2 is 2.00 bits per heavy atom. The van der Waals surface area contributed by atoms with Crippen LogP contribution < -0.4 is 0 Å². The van der Waals surface area contributed by atoms with E-state index in [0.29, 0.717) is 12.1 Å². The lowest BCUT2D eigenvalue weighted by Crippen LogP contribution is -2.06. The van der Waals surface area contributed by atoms with Crippen LogP contribution in [0.5, 0.6) is 0 Å². The summed E-state index contributed by atoms with van der Waals surface area (Å²) in [7, 11) is -2.91. The molecule has 0 aliphatic heterocycles. The molecule has 0 bridgehead atoms. The second-order valence-electron chi connectivity index (χ2n) is 2.82. The quantitative estimate of drug-likeness (QED) is 0.668. The van der Waals surface area contributed by atoms with Crippen molar-refractivity contribution in [2.24, 2.45) is 0 Å². The zero-order valence-corrected chi connectivity index (χ0v) is 8.56. The minimum atomic E-state index is -4.62. The summed E-state index contributed by atoms with van der Waals surface area (Å²) in [6.07, 6.45) is -4.62. The zero-order valence-electron chi connectivity index (χ0n) is 7.66. The molecule has 1 N–H and O–H groups in total. The molecular weight excluding hydrogens is 251 g/mol. The number of hydrogen-bond acceptors (Lipinski definition) is 2. The molecule has 0 saturated heterocycles. The molecule has 1 atom stereocenters. The zero-order chi connectivity index (χ0) is 12.3. The van der Waals surface area contributed by atoms with Crippen molar-refractivity contribution in [2.45, 2.75) is 12.8 Å². The minimum Gasteiger partial charge on any atom is -0.207 e. The van der Waals surface area contributed by atoms with Gasteiger partial charge in [0.05, 0.1) is 5.56 Å². The lowest BCUT2D eigenvalue weighted by Gasteiger charge is -2.07. The van der Waals surface area contributed by atoms with E-state index >= 15 is 0 Å². The van der Waals surface area contributed by atoms with Crippen LogP contribution in [0, 0.1) is 5.82 Å². The van der Waals surface area contributed by atoms with E-state index in [4.69, 9.17) is 4.89 Å². The molecule has 0 amide bonds. The summed E-state index contributed by atoms with van der Waals surface area (Å²) < 4.78 is 63.8. The van der Waals surface area contributed by atoms with Crippen LogP contribution in [0.25, 0.3) is 0 Å². The average Bonchev–Trinajstić information content (AvgIpc) is 2.14. The predicted molar refractivity (Wildman–Crippen MR) is 46.0 cm³/mol. The number of benzene rings is 1. The molecule has 16 heavy (non-hydrogen) atoms. The fourth-order valence-corrected chi connectivity index (χ4v) is 1.21. The Bertz CT molecular complexity index is 405. The van der Waals surface area contributed by atoms with Crippen molar-refractivity contribution in [3.63, 3.8) is 0 Å². The average molecular weight is 257 g/mol. The molecule has 0 aromatic heterocycles. The smallest absolute Gasteiger partial charge is 0.207 e. The maximum atomic E-state index is 13.1. The van der Waals surface area contributed by atoms with Gasteiger partial charge in [-0.2, -0.15) is 13.2 Å². The van der Waals surface area contributed by atoms with E-state index in [1.807, 2.05) is 0 Å². The topological polar surface area (TPSA) is 46.5 Å². The van der Waals surface area contributed by atoms with Gasteiger partial charge in [-0.05, 0) is 12.1 Å². The third-order valence-corrected chi connectivity index (χ3v) is 2.06. The van der Waals surface area contributed by atoms with Crippen LogP contribution in [0.2, 0.25) is 0 Å². The van der Waals surface area contributed by atoms with Crippen molar-refractivity contribution < 1.29 is 31.5 Å². The number of alkyl halides is 3. The first-order valence-corrected chi connectivity index (χ1v) is 5.08. The molecule has 0 saturated carbocycles. The van der Waals surface area contributed by atoms with Gasteiger partial charge in [0.1, 0.15) is 12.4 Å². The van der Waals surface area contributed by atoms with Gasteiger partial charge in [0.15, 0.2) is 0 Å². The van der Waals surface area contributed by atoms with E-state index in [1.54, 1.807) is 0 Å². The highest BCUT2D eigenvalue weighted by Crippen LogP contribution is 2.30. The molecule has 1 rings (SSSR count). The number of hydrogen-bond donors (Lipinski definition) is 1. The largest absolute Gasteiger partial charge is 0.695 e. The second kappa shape index (κ2) is 4.86. The fraction of sp³-hybridized carbons (Fsp3) is 0.250. The highest BCUT2D eigenvalue weighted by atomic mass is 31.1. The Kier molecular flexibility index (Phi) is 3.96. The first-order valence-electron chi connectivity index (χ1n) is 3.95. The summed E-state index contributed by atoms with van der Waals surface area (Å²) in [5, 5.41) is 0. The van der Waals surface area contributed by atoms with Gasteiger partial charge in [-0.25, -0.2) is 4.39 Å². The van der Waals surface area contributed by atoms with Gasteiger partial charge in [0.25, 0.3) is 0 Å². The maximum absolute atomic E-state index is 13.1. The highest BCUT2D eigenvalue weighted by Gasteiger charge is 2.31. The van der Waals surface area contributed by atoms with Gasteiger partial charge in [0, 0.05) is 10.1 Å². The molecule has 0 spiro atoms. The van der Waals surface area contributed by atoms with Crippen molar-refractivity contribution in [2.75, 3.05) is 0 Å². The summed E-state index contributed by atoms with van der Waals surface area (Å²) in [5.41, 5.74) is -1.34. The molecule has 0 radical (unpaired) electrons. The van der Waals surface area contributed by atoms with Crippen LogP contribution >= 0.6 is 8.25 Å². The first kappa shape index (κ1) is 13.0. The summed E-state index contributed by atoms with van der Waals surface area (Å²) in [6, 6.07) is 1.84. The SMILES string of the molecule is O=[P+](O)OCc1ccc(C(F)(F)F)cc1F. The molecular formula is C8H6F4O3P+. The van der Waals surface area contributed by atoms with Crippen molar-refractivity contribution >= 4 is 8.25 Å². The molecule has 1 aromatic rings. The monoisotopic (exact) mass is 257 g/mol. The second-order valence-corrected chi connectivity index (χ2v) is 3.55.